The average Bonchev–Trinajstić information content (AvgIpc) is 3.29. The molecule has 4 heterocycles. The number of hydrogen-bond acceptors (Lipinski definition) is 3. The first kappa shape index (κ1) is 21.0. The van der Waals surface area contributed by atoms with Gasteiger partial charge in [0.25, 0.3) is 0 Å². The Hall–Kier alpha value is -2.56. The van der Waals surface area contributed by atoms with Crippen molar-refractivity contribution in [2.75, 3.05) is 37.6 Å². The molecule has 170 valence electrons. The summed E-state index contributed by atoms with van der Waals surface area (Å²) in [5.74, 6) is 1.48. The summed E-state index contributed by atoms with van der Waals surface area (Å²) in [6, 6.07) is 16.9. The van der Waals surface area contributed by atoms with Gasteiger partial charge < -0.3 is 14.8 Å². The number of halogens is 1. The van der Waals surface area contributed by atoms with Gasteiger partial charge in [0.1, 0.15) is 0 Å². The van der Waals surface area contributed by atoms with Crippen molar-refractivity contribution in [1.29, 1.82) is 0 Å². The molecule has 0 unspecified atom stereocenters. The van der Waals surface area contributed by atoms with Crippen molar-refractivity contribution in [2.24, 2.45) is 5.92 Å². The molecule has 2 fully saturated rings. The number of likely N-dealkylation sites (tertiary alicyclic amines) is 1. The number of pyridine rings is 1. The molecule has 4 aromatic rings. The van der Waals surface area contributed by atoms with Crippen LogP contribution in [0.15, 0.2) is 60.9 Å². The lowest BCUT2D eigenvalue weighted by Crippen LogP contribution is -2.41. The van der Waals surface area contributed by atoms with Crippen LogP contribution in [-0.4, -0.2) is 47.6 Å². The number of aromatic amines is 1. The van der Waals surface area contributed by atoms with E-state index in [2.05, 4.69) is 62.4 Å². The lowest BCUT2D eigenvalue weighted by atomic mass is 9.88. The molecule has 0 bridgehead atoms. The Morgan fingerprint density at radius 2 is 1.73 bits per heavy atom. The van der Waals surface area contributed by atoms with Gasteiger partial charge in [0.15, 0.2) is 0 Å². The summed E-state index contributed by atoms with van der Waals surface area (Å²) in [6.45, 7) is 5.91. The predicted molar refractivity (Wildman–Crippen MR) is 138 cm³/mol. The summed E-state index contributed by atoms with van der Waals surface area (Å²) in [7, 11) is 0. The molecule has 4 nitrogen and oxygen atoms in total. The maximum absolute atomic E-state index is 6.28. The number of piperidine rings is 2. The molecule has 2 saturated heterocycles. The Morgan fingerprint density at radius 3 is 2.58 bits per heavy atom. The maximum Gasteiger partial charge on any atom is 0.0723 e. The third kappa shape index (κ3) is 4.22. The zero-order chi connectivity index (χ0) is 22.2. The van der Waals surface area contributed by atoms with E-state index in [1.165, 1.54) is 72.9 Å². The molecule has 0 saturated carbocycles. The molecule has 0 amide bonds. The first-order valence-corrected chi connectivity index (χ1v) is 12.7. The predicted octanol–water partition coefficient (Wildman–Crippen LogP) is 6.47. The smallest absolute Gasteiger partial charge is 0.0723 e. The van der Waals surface area contributed by atoms with E-state index in [0.717, 1.165) is 29.5 Å². The fourth-order valence-electron chi connectivity index (χ4n) is 5.96. The van der Waals surface area contributed by atoms with Crippen LogP contribution >= 0.6 is 11.6 Å². The number of H-pyrrole nitrogens is 1. The molecule has 0 atom stereocenters. The summed E-state index contributed by atoms with van der Waals surface area (Å²) in [6.07, 6.45) is 9.22. The van der Waals surface area contributed by atoms with Gasteiger partial charge in [-0.15, -0.1) is 0 Å². The summed E-state index contributed by atoms with van der Waals surface area (Å²) >= 11 is 6.28. The standard InChI is InChI=1S/C28H31ClN4/c29-22-5-6-27-24(17-22)28(7-12-30-27)33-15-8-20(9-16-33)19-32-13-10-21(11-14-32)25-18-31-26-4-2-1-3-23(25)26/h1-7,12,17-18,20-21,31H,8-11,13-16,19H2. The normalized spacial score (nSPS) is 19.0. The van der Waals surface area contributed by atoms with E-state index in [4.69, 9.17) is 11.6 Å². The zero-order valence-electron chi connectivity index (χ0n) is 19.0. The molecule has 0 aliphatic carbocycles. The number of nitrogens with zero attached hydrogens (tertiary/aromatic N) is 3. The van der Waals surface area contributed by atoms with Gasteiger partial charge in [0, 0.05) is 59.0 Å². The topological polar surface area (TPSA) is 35.2 Å². The van der Waals surface area contributed by atoms with E-state index in [1.54, 1.807) is 0 Å². The average molecular weight is 459 g/mol. The van der Waals surface area contributed by atoms with E-state index >= 15 is 0 Å². The molecular formula is C28H31ClN4. The Kier molecular flexibility index (Phi) is 5.73. The first-order chi connectivity index (χ1) is 16.2. The van der Waals surface area contributed by atoms with Crippen LogP contribution in [-0.2, 0) is 0 Å². The highest BCUT2D eigenvalue weighted by Crippen LogP contribution is 2.35. The fourth-order valence-corrected chi connectivity index (χ4v) is 6.13. The highest BCUT2D eigenvalue weighted by atomic mass is 35.5. The van der Waals surface area contributed by atoms with Crippen molar-refractivity contribution in [1.82, 2.24) is 14.9 Å². The SMILES string of the molecule is Clc1ccc2nccc(N3CCC(CN4CCC(c5c[nH]c6ccccc56)CC4)CC3)c2c1. The van der Waals surface area contributed by atoms with Gasteiger partial charge in [-0.3, -0.25) is 4.98 Å². The molecule has 0 spiro atoms. The van der Waals surface area contributed by atoms with Crippen LogP contribution in [0.2, 0.25) is 5.02 Å². The molecule has 2 aromatic heterocycles. The van der Waals surface area contributed by atoms with E-state index in [-0.39, 0.29) is 0 Å². The number of hydrogen-bond donors (Lipinski definition) is 1. The van der Waals surface area contributed by atoms with E-state index in [0.29, 0.717) is 5.92 Å². The fraction of sp³-hybridized carbons (Fsp3) is 0.393. The Bertz CT molecular complexity index is 1250. The molecule has 2 aliphatic rings. The van der Waals surface area contributed by atoms with Crippen LogP contribution in [0, 0.1) is 5.92 Å². The molecular weight excluding hydrogens is 428 g/mol. The molecule has 2 aliphatic heterocycles. The van der Waals surface area contributed by atoms with Gasteiger partial charge in [-0.1, -0.05) is 29.8 Å². The van der Waals surface area contributed by atoms with E-state index in [1.807, 2.05) is 18.3 Å². The molecule has 1 N–H and O–H groups in total. The van der Waals surface area contributed by atoms with Crippen molar-refractivity contribution in [2.45, 2.75) is 31.6 Å². The van der Waals surface area contributed by atoms with Crippen molar-refractivity contribution in [3.63, 3.8) is 0 Å². The molecule has 5 heteroatoms. The summed E-state index contributed by atoms with van der Waals surface area (Å²) in [5, 5.41) is 3.36. The van der Waals surface area contributed by atoms with Crippen LogP contribution in [0.5, 0.6) is 0 Å². The monoisotopic (exact) mass is 458 g/mol. The molecule has 33 heavy (non-hydrogen) atoms. The first-order valence-electron chi connectivity index (χ1n) is 12.3. The Morgan fingerprint density at radius 1 is 0.909 bits per heavy atom. The second-order valence-electron chi connectivity index (χ2n) is 9.79. The highest BCUT2D eigenvalue weighted by Gasteiger charge is 2.27. The van der Waals surface area contributed by atoms with Crippen LogP contribution in [0.4, 0.5) is 5.69 Å². The number of anilines is 1. The van der Waals surface area contributed by atoms with Gasteiger partial charge in [0.05, 0.1) is 5.52 Å². The minimum absolute atomic E-state index is 0.686. The van der Waals surface area contributed by atoms with Gasteiger partial charge in [-0.2, -0.15) is 0 Å². The van der Waals surface area contributed by atoms with Gasteiger partial charge in [-0.25, -0.2) is 0 Å². The largest absolute Gasteiger partial charge is 0.371 e. The minimum atomic E-state index is 0.686. The summed E-state index contributed by atoms with van der Waals surface area (Å²) in [5.41, 5.74) is 5.09. The lowest BCUT2D eigenvalue weighted by Gasteiger charge is -2.38. The summed E-state index contributed by atoms with van der Waals surface area (Å²) in [4.78, 5) is 13.2. The third-order valence-electron chi connectivity index (χ3n) is 7.80. The quantitative estimate of drug-likeness (QED) is 0.381. The summed E-state index contributed by atoms with van der Waals surface area (Å²) < 4.78 is 0. The van der Waals surface area contributed by atoms with Gasteiger partial charge in [-0.05, 0) is 86.5 Å². The zero-order valence-corrected chi connectivity index (χ0v) is 19.8. The number of rotatable bonds is 4. The van der Waals surface area contributed by atoms with Crippen LogP contribution in [0.1, 0.15) is 37.2 Å². The number of benzene rings is 2. The highest BCUT2D eigenvalue weighted by molar-refractivity contribution is 6.31. The Balaban J connectivity index is 1.04. The van der Waals surface area contributed by atoms with Crippen molar-refractivity contribution >= 4 is 39.1 Å². The lowest BCUT2D eigenvalue weighted by molar-refractivity contribution is 0.171. The van der Waals surface area contributed by atoms with Crippen LogP contribution in [0.3, 0.4) is 0 Å². The minimum Gasteiger partial charge on any atom is -0.371 e. The second-order valence-corrected chi connectivity index (χ2v) is 10.2. The van der Waals surface area contributed by atoms with Crippen molar-refractivity contribution in [3.05, 3.63) is 71.5 Å². The number of fused-ring (bicyclic) bond motifs is 2. The molecule has 6 rings (SSSR count). The third-order valence-corrected chi connectivity index (χ3v) is 8.04. The van der Waals surface area contributed by atoms with Crippen LogP contribution < -0.4 is 4.90 Å². The van der Waals surface area contributed by atoms with Crippen molar-refractivity contribution < 1.29 is 0 Å². The van der Waals surface area contributed by atoms with Crippen molar-refractivity contribution in [3.8, 4) is 0 Å². The number of nitrogens with one attached hydrogen (secondary N) is 1. The number of para-hydroxylation sites is 1. The van der Waals surface area contributed by atoms with E-state index < -0.39 is 0 Å². The molecule has 0 radical (unpaired) electrons. The molecule has 2 aromatic carbocycles. The van der Waals surface area contributed by atoms with Crippen LogP contribution in [0.25, 0.3) is 21.8 Å². The maximum atomic E-state index is 6.28. The van der Waals surface area contributed by atoms with Gasteiger partial charge >= 0.3 is 0 Å². The number of aromatic nitrogens is 2. The Labute approximate surface area is 200 Å². The van der Waals surface area contributed by atoms with Gasteiger partial charge in [0.2, 0.25) is 0 Å². The van der Waals surface area contributed by atoms with E-state index in [9.17, 15) is 0 Å². The second kappa shape index (κ2) is 9.00.